The second kappa shape index (κ2) is 11.0. The summed E-state index contributed by atoms with van der Waals surface area (Å²) in [6.45, 7) is 3.05. The van der Waals surface area contributed by atoms with Crippen LogP contribution < -0.4 is 10.1 Å². The Bertz CT molecular complexity index is 1360. The standard InChI is InChI=1S/C28H25N3O3/c1-20-9-8-13-23-24(16-18-30-26(20)23)29-17-7-6-12-22-14-15-25(27(31-22)28(32)33-2)34-19-21-10-4-3-5-11-21/h3-5,8-11,13-16,18H,7,17,19H2,1-2H3,(H,29,30). The van der Waals surface area contributed by atoms with Gasteiger partial charge in [0.05, 0.1) is 12.6 Å². The van der Waals surface area contributed by atoms with E-state index in [0.29, 0.717) is 31.0 Å². The molecule has 34 heavy (non-hydrogen) atoms. The first-order valence-electron chi connectivity index (χ1n) is 11.0. The molecule has 0 aliphatic rings. The van der Waals surface area contributed by atoms with Gasteiger partial charge in [0.2, 0.25) is 0 Å². The molecule has 0 fully saturated rings. The molecule has 2 heterocycles. The van der Waals surface area contributed by atoms with Gasteiger partial charge < -0.3 is 14.8 Å². The summed E-state index contributed by atoms with van der Waals surface area (Å²) in [5.41, 5.74) is 4.75. The van der Waals surface area contributed by atoms with Crippen LogP contribution in [0.15, 0.2) is 72.9 Å². The topological polar surface area (TPSA) is 73.3 Å². The Kier molecular flexibility index (Phi) is 7.36. The molecule has 1 N–H and O–H groups in total. The van der Waals surface area contributed by atoms with Crippen LogP contribution in [-0.4, -0.2) is 29.6 Å². The Morgan fingerprint density at radius 2 is 1.88 bits per heavy atom. The number of hydrogen-bond acceptors (Lipinski definition) is 6. The summed E-state index contributed by atoms with van der Waals surface area (Å²) >= 11 is 0. The Morgan fingerprint density at radius 3 is 2.71 bits per heavy atom. The van der Waals surface area contributed by atoms with Crippen LogP contribution in [0.4, 0.5) is 5.69 Å². The normalized spacial score (nSPS) is 10.3. The van der Waals surface area contributed by atoms with Crippen molar-refractivity contribution in [2.45, 2.75) is 20.0 Å². The van der Waals surface area contributed by atoms with Gasteiger partial charge in [0.25, 0.3) is 0 Å². The molecule has 0 spiro atoms. The number of hydrogen-bond donors (Lipinski definition) is 1. The summed E-state index contributed by atoms with van der Waals surface area (Å²) < 4.78 is 10.7. The molecular formula is C28H25N3O3. The van der Waals surface area contributed by atoms with E-state index < -0.39 is 5.97 Å². The number of aryl methyl sites for hydroxylation is 1. The smallest absolute Gasteiger partial charge is 0.360 e. The minimum atomic E-state index is -0.562. The number of benzene rings is 2. The molecule has 6 heteroatoms. The van der Waals surface area contributed by atoms with Gasteiger partial charge in [-0.2, -0.15) is 0 Å². The van der Waals surface area contributed by atoms with Crippen molar-refractivity contribution in [1.82, 2.24) is 9.97 Å². The van der Waals surface area contributed by atoms with Gasteiger partial charge in [-0.25, -0.2) is 9.78 Å². The molecule has 4 aromatic rings. The maximum atomic E-state index is 12.2. The number of methoxy groups -OCH3 is 1. The fraction of sp³-hybridized carbons (Fsp3) is 0.179. The number of ether oxygens (including phenoxy) is 2. The molecule has 0 atom stereocenters. The van der Waals surface area contributed by atoms with Gasteiger partial charge in [-0.1, -0.05) is 54.5 Å². The number of aromatic nitrogens is 2. The third-order valence-electron chi connectivity index (χ3n) is 5.23. The number of para-hydroxylation sites is 1. The van der Waals surface area contributed by atoms with Crippen molar-refractivity contribution < 1.29 is 14.3 Å². The quantitative estimate of drug-likeness (QED) is 0.238. The van der Waals surface area contributed by atoms with E-state index in [1.165, 1.54) is 7.11 Å². The lowest BCUT2D eigenvalue weighted by molar-refractivity contribution is 0.0588. The monoisotopic (exact) mass is 451 g/mol. The highest BCUT2D eigenvalue weighted by molar-refractivity contribution is 5.93. The van der Waals surface area contributed by atoms with Crippen molar-refractivity contribution >= 4 is 22.6 Å². The Balaban J connectivity index is 1.41. The van der Waals surface area contributed by atoms with E-state index in [4.69, 9.17) is 9.47 Å². The fourth-order valence-electron chi connectivity index (χ4n) is 3.50. The summed E-state index contributed by atoms with van der Waals surface area (Å²) in [6.07, 6.45) is 2.42. The highest BCUT2D eigenvalue weighted by Crippen LogP contribution is 2.23. The molecule has 0 unspecified atom stereocenters. The minimum Gasteiger partial charge on any atom is -0.486 e. The summed E-state index contributed by atoms with van der Waals surface area (Å²) in [6, 6.07) is 21.3. The lowest BCUT2D eigenvalue weighted by atomic mass is 10.1. The first-order chi connectivity index (χ1) is 16.7. The lowest BCUT2D eigenvalue weighted by Gasteiger charge is -2.10. The summed E-state index contributed by atoms with van der Waals surface area (Å²) in [5, 5.41) is 4.51. The second-order valence-electron chi connectivity index (χ2n) is 7.62. The molecule has 0 saturated heterocycles. The molecule has 170 valence electrons. The van der Waals surface area contributed by atoms with Crippen molar-refractivity contribution in [3.05, 3.63) is 95.4 Å². The highest BCUT2D eigenvalue weighted by Gasteiger charge is 2.16. The lowest BCUT2D eigenvalue weighted by Crippen LogP contribution is -2.09. The van der Waals surface area contributed by atoms with E-state index in [1.54, 1.807) is 12.1 Å². The average molecular weight is 452 g/mol. The van der Waals surface area contributed by atoms with Crippen molar-refractivity contribution in [2.75, 3.05) is 19.0 Å². The summed E-state index contributed by atoms with van der Waals surface area (Å²) in [4.78, 5) is 21.1. The van der Waals surface area contributed by atoms with Gasteiger partial charge in [-0.15, -0.1) is 0 Å². The molecule has 2 aromatic heterocycles. The van der Waals surface area contributed by atoms with E-state index >= 15 is 0 Å². The summed E-state index contributed by atoms with van der Waals surface area (Å²) in [5.74, 6) is 5.93. The maximum absolute atomic E-state index is 12.2. The fourth-order valence-corrected chi connectivity index (χ4v) is 3.50. The molecule has 0 amide bonds. The van der Waals surface area contributed by atoms with E-state index in [9.17, 15) is 4.79 Å². The molecule has 0 aliphatic carbocycles. The molecule has 0 saturated carbocycles. The van der Waals surface area contributed by atoms with Crippen LogP contribution in [0.5, 0.6) is 5.75 Å². The van der Waals surface area contributed by atoms with Gasteiger partial charge in [-0.05, 0) is 42.2 Å². The Morgan fingerprint density at radius 1 is 1.03 bits per heavy atom. The second-order valence-corrected chi connectivity index (χ2v) is 7.62. The molecule has 2 aromatic carbocycles. The molecule has 0 aliphatic heterocycles. The first kappa shape index (κ1) is 22.8. The number of carbonyl (C=O) groups is 1. The van der Waals surface area contributed by atoms with E-state index in [0.717, 1.165) is 27.7 Å². The number of esters is 1. The zero-order valence-electron chi connectivity index (χ0n) is 19.2. The van der Waals surface area contributed by atoms with Crippen molar-refractivity contribution in [2.24, 2.45) is 0 Å². The number of fused-ring (bicyclic) bond motifs is 1. The predicted octanol–water partition coefficient (Wildman–Crippen LogP) is 5.16. The Hall–Kier alpha value is -4.37. The van der Waals surface area contributed by atoms with Gasteiger partial charge >= 0.3 is 5.97 Å². The van der Waals surface area contributed by atoms with Crippen LogP contribution in [0.3, 0.4) is 0 Å². The van der Waals surface area contributed by atoms with Gasteiger partial charge in [-0.3, -0.25) is 4.98 Å². The largest absolute Gasteiger partial charge is 0.486 e. The maximum Gasteiger partial charge on any atom is 0.360 e. The van der Waals surface area contributed by atoms with E-state index in [1.807, 2.05) is 48.7 Å². The summed E-state index contributed by atoms with van der Waals surface area (Å²) in [7, 11) is 1.32. The van der Waals surface area contributed by atoms with Gasteiger partial charge in [0.1, 0.15) is 12.3 Å². The number of anilines is 1. The third-order valence-corrected chi connectivity index (χ3v) is 5.23. The zero-order chi connectivity index (χ0) is 23.8. The van der Waals surface area contributed by atoms with Crippen LogP contribution in [0, 0.1) is 18.8 Å². The van der Waals surface area contributed by atoms with Crippen LogP contribution >= 0.6 is 0 Å². The first-order valence-corrected chi connectivity index (χ1v) is 11.0. The molecule has 0 radical (unpaired) electrons. The van der Waals surface area contributed by atoms with E-state index in [-0.39, 0.29) is 5.69 Å². The molecule has 0 bridgehead atoms. The number of rotatable bonds is 7. The predicted molar refractivity (Wildman–Crippen MR) is 133 cm³/mol. The average Bonchev–Trinajstić information content (AvgIpc) is 2.88. The van der Waals surface area contributed by atoms with E-state index in [2.05, 4.69) is 46.2 Å². The number of nitrogens with zero attached hydrogens (tertiary/aromatic N) is 2. The third kappa shape index (κ3) is 5.51. The number of pyridine rings is 2. The molecular weight excluding hydrogens is 426 g/mol. The van der Waals surface area contributed by atoms with Crippen LogP contribution in [0.1, 0.15) is 33.7 Å². The number of carbonyl (C=O) groups excluding carboxylic acids is 1. The van der Waals surface area contributed by atoms with Crippen molar-refractivity contribution in [3.63, 3.8) is 0 Å². The Labute approximate surface area is 199 Å². The zero-order valence-corrected chi connectivity index (χ0v) is 19.2. The van der Waals surface area contributed by atoms with Crippen LogP contribution in [-0.2, 0) is 11.3 Å². The SMILES string of the molecule is COC(=O)c1nc(C#CCCNc2ccnc3c(C)cccc23)ccc1OCc1ccccc1. The highest BCUT2D eigenvalue weighted by atomic mass is 16.5. The van der Waals surface area contributed by atoms with Crippen LogP contribution in [0.25, 0.3) is 10.9 Å². The molecule has 4 rings (SSSR count). The number of nitrogens with one attached hydrogen (secondary N) is 1. The minimum absolute atomic E-state index is 0.113. The molecule has 6 nitrogen and oxygen atoms in total. The van der Waals surface area contributed by atoms with Crippen molar-refractivity contribution in [1.29, 1.82) is 0 Å². The van der Waals surface area contributed by atoms with Gasteiger partial charge in [0.15, 0.2) is 11.4 Å². The van der Waals surface area contributed by atoms with Crippen LogP contribution in [0.2, 0.25) is 0 Å². The van der Waals surface area contributed by atoms with Crippen molar-refractivity contribution in [3.8, 4) is 17.6 Å². The van der Waals surface area contributed by atoms with Gasteiger partial charge in [0, 0.05) is 30.2 Å².